The van der Waals surface area contributed by atoms with E-state index in [1.807, 2.05) is 7.05 Å². The first-order valence-corrected chi connectivity index (χ1v) is 7.32. The zero-order valence-electron chi connectivity index (χ0n) is 13.4. The van der Waals surface area contributed by atoms with Gasteiger partial charge in [-0.2, -0.15) is 0 Å². The van der Waals surface area contributed by atoms with Crippen molar-refractivity contribution < 1.29 is 4.74 Å². The standard InChI is InChI=1S/C16H27N3O/c1-15(2)11-19(12-16(3,4)20-15)10-14-8-6-7-13(18-14)9-17-5/h6-8,17H,9-12H2,1-5H3. The van der Waals surface area contributed by atoms with E-state index in [-0.39, 0.29) is 11.2 Å². The lowest BCUT2D eigenvalue weighted by Crippen LogP contribution is -2.56. The molecule has 20 heavy (non-hydrogen) atoms. The third-order valence-electron chi connectivity index (χ3n) is 3.37. The molecule has 0 saturated carbocycles. The largest absolute Gasteiger partial charge is 0.367 e. The summed E-state index contributed by atoms with van der Waals surface area (Å²) in [5, 5.41) is 3.14. The number of aromatic nitrogens is 1. The van der Waals surface area contributed by atoms with Crippen LogP contribution < -0.4 is 5.32 Å². The topological polar surface area (TPSA) is 37.4 Å². The third-order valence-corrected chi connectivity index (χ3v) is 3.37. The molecular formula is C16H27N3O. The van der Waals surface area contributed by atoms with E-state index in [2.05, 4.69) is 56.1 Å². The molecule has 0 spiro atoms. The minimum Gasteiger partial charge on any atom is -0.367 e. The Morgan fingerprint density at radius 1 is 1.15 bits per heavy atom. The summed E-state index contributed by atoms with van der Waals surface area (Å²) in [5.41, 5.74) is 2.01. The second-order valence-corrected chi connectivity index (χ2v) is 6.92. The molecule has 0 radical (unpaired) electrons. The van der Waals surface area contributed by atoms with Crippen LogP contribution >= 0.6 is 0 Å². The zero-order chi connectivity index (χ0) is 14.8. The van der Waals surface area contributed by atoms with E-state index in [4.69, 9.17) is 9.72 Å². The van der Waals surface area contributed by atoms with Crippen molar-refractivity contribution in [3.8, 4) is 0 Å². The lowest BCUT2D eigenvalue weighted by molar-refractivity contribution is -0.182. The smallest absolute Gasteiger partial charge is 0.0760 e. The molecule has 1 aliphatic heterocycles. The summed E-state index contributed by atoms with van der Waals surface area (Å²) >= 11 is 0. The molecule has 0 bridgehead atoms. The highest BCUT2D eigenvalue weighted by molar-refractivity contribution is 5.11. The molecule has 4 nitrogen and oxygen atoms in total. The van der Waals surface area contributed by atoms with Gasteiger partial charge in [0.15, 0.2) is 0 Å². The van der Waals surface area contributed by atoms with Crippen molar-refractivity contribution in [1.29, 1.82) is 0 Å². The summed E-state index contributed by atoms with van der Waals surface area (Å²) < 4.78 is 6.12. The van der Waals surface area contributed by atoms with Crippen molar-refractivity contribution in [2.45, 2.75) is 52.0 Å². The molecule has 1 fully saturated rings. The van der Waals surface area contributed by atoms with Gasteiger partial charge in [-0.1, -0.05) is 6.07 Å². The van der Waals surface area contributed by atoms with Gasteiger partial charge in [0.2, 0.25) is 0 Å². The van der Waals surface area contributed by atoms with Crippen molar-refractivity contribution in [3.05, 3.63) is 29.6 Å². The molecule has 0 aliphatic carbocycles. The van der Waals surface area contributed by atoms with E-state index in [9.17, 15) is 0 Å². The van der Waals surface area contributed by atoms with Crippen LogP contribution in [-0.2, 0) is 17.8 Å². The molecule has 1 aromatic heterocycles. The number of hydrogen-bond donors (Lipinski definition) is 1. The first kappa shape index (κ1) is 15.4. The number of rotatable bonds is 4. The van der Waals surface area contributed by atoms with Crippen LogP contribution in [0.25, 0.3) is 0 Å². The molecule has 1 aliphatic rings. The van der Waals surface area contributed by atoms with Crippen LogP contribution in [0.5, 0.6) is 0 Å². The number of ether oxygens (including phenoxy) is 1. The second kappa shape index (κ2) is 5.80. The van der Waals surface area contributed by atoms with Gasteiger partial charge in [-0.15, -0.1) is 0 Å². The van der Waals surface area contributed by atoms with E-state index in [1.165, 1.54) is 0 Å². The Kier molecular flexibility index (Phi) is 4.47. The summed E-state index contributed by atoms with van der Waals surface area (Å²) in [6.45, 7) is 12.2. The van der Waals surface area contributed by atoms with Crippen LogP contribution in [0.15, 0.2) is 18.2 Å². The lowest BCUT2D eigenvalue weighted by atomic mass is 9.99. The van der Waals surface area contributed by atoms with Gasteiger partial charge in [-0.25, -0.2) is 0 Å². The van der Waals surface area contributed by atoms with Gasteiger partial charge in [-0.3, -0.25) is 9.88 Å². The van der Waals surface area contributed by atoms with Crippen molar-refractivity contribution in [3.63, 3.8) is 0 Å². The van der Waals surface area contributed by atoms with Gasteiger partial charge in [0.25, 0.3) is 0 Å². The van der Waals surface area contributed by atoms with Crippen LogP contribution in [0, 0.1) is 0 Å². The van der Waals surface area contributed by atoms with Crippen LogP contribution in [0.2, 0.25) is 0 Å². The molecule has 1 N–H and O–H groups in total. The maximum Gasteiger partial charge on any atom is 0.0760 e. The van der Waals surface area contributed by atoms with Crippen molar-refractivity contribution in [1.82, 2.24) is 15.2 Å². The zero-order valence-corrected chi connectivity index (χ0v) is 13.4. The van der Waals surface area contributed by atoms with Gasteiger partial charge < -0.3 is 10.1 Å². The van der Waals surface area contributed by atoms with E-state index in [0.717, 1.165) is 37.6 Å². The van der Waals surface area contributed by atoms with E-state index >= 15 is 0 Å². The molecule has 112 valence electrons. The molecular weight excluding hydrogens is 250 g/mol. The van der Waals surface area contributed by atoms with Crippen molar-refractivity contribution in [2.75, 3.05) is 20.1 Å². The Morgan fingerprint density at radius 2 is 1.75 bits per heavy atom. The maximum absolute atomic E-state index is 6.12. The molecule has 0 aromatic carbocycles. The van der Waals surface area contributed by atoms with Gasteiger partial charge >= 0.3 is 0 Å². The summed E-state index contributed by atoms with van der Waals surface area (Å²) in [7, 11) is 1.95. The van der Waals surface area contributed by atoms with E-state index < -0.39 is 0 Å². The molecule has 2 heterocycles. The van der Waals surface area contributed by atoms with Crippen LogP contribution in [0.3, 0.4) is 0 Å². The fraction of sp³-hybridized carbons (Fsp3) is 0.688. The number of nitrogens with zero attached hydrogens (tertiary/aromatic N) is 2. The average Bonchev–Trinajstić information content (AvgIpc) is 2.25. The molecule has 0 unspecified atom stereocenters. The predicted octanol–water partition coefficient (Wildman–Crippen LogP) is 2.19. The summed E-state index contributed by atoms with van der Waals surface area (Å²) in [5.74, 6) is 0. The Balaban J connectivity index is 2.07. The normalized spacial score (nSPS) is 21.9. The van der Waals surface area contributed by atoms with Gasteiger partial charge in [-0.05, 0) is 46.9 Å². The minimum absolute atomic E-state index is 0.107. The molecule has 4 heteroatoms. The summed E-state index contributed by atoms with van der Waals surface area (Å²) in [6.07, 6.45) is 0. The monoisotopic (exact) mass is 277 g/mol. The number of morpholine rings is 1. The average molecular weight is 277 g/mol. The molecule has 1 aromatic rings. The van der Waals surface area contributed by atoms with Crippen molar-refractivity contribution in [2.24, 2.45) is 0 Å². The van der Waals surface area contributed by atoms with Gasteiger partial charge in [0.05, 0.1) is 22.6 Å². The van der Waals surface area contributed by atoms with Gasteiger partial charge in [0, 0.05) is 26.2 Å². The minimum atomic E-state index is -0.107. The van der Waals surface area contributed by atoms with Crippen LogP contribution in [-0.4, -0.2) is 41.2 Å². The van der Waals surface area contributed by atoms with Gasteiger partial charge in [0.1, 0.15) is 0 Å². The Bertz CT molecular complexity index is 441. The van der Waals surface area contributed by atoms with E-state index in [1.54, 1.807) is 0 Å². The highest BCUT2D eigenvalue weighted by atomic mass is 16.5. The summed E-state index contributed by atoms with van der Waals surface area (Å²) in [6, 6.07) is 6.26. The molecule has 2 rings (SSSR count). The highest BCUT2D eigenvalue weighted by Gasteiger charge is 2.37. The molecule has 0 atom stereocenters. The Hall–Kier alpha value is -0.970. The fourth-order valence-electron chi connectivity index (χ4n) is 3.18. The summed E-state index contributed by atoms with van der Waals surface area (Å²) in [4.78, 5) is 7.15. The van der Waals surface area contributed by atoms with Crippen LogP contribution in [0.1, 0.15) is 39.1 Å². The number of pyridine rings is 1. The van der Waals surface area contributed by atoms with Crippen molar-refractivity contribution >= 4 is 0 Å². The molecule has 0 amide bonds. The second-order valence-electron chi connectivity index (χ2n) is 6.92. The first-order chi connectivity index (χ1) is 9.30. The number of hydrogen-bond acceptors (Lipinski definition) is 4. The Morgan fingerprint density at radius 3 is 2.35 bits per heavy atom. The maximum atomic E-state index is 6.12. The first-order valence-electron chi connectivity index (χ1n) is 7.32. The Labute approximate surface area is 122 Å². The predicted molar refractivity (Wildman–Crippen MR) is 81.5 cm³/mol. The third kappa shape index (κ3) is 4.27. The van der Waals surface area contributed by atoms with Crippen LogP contribution in [0.4, 0.5) is 0 Å². The SMILES string of the molecule is CNCc1cccc(CN2CC(C)(C)OC(C)(C)C2)n1. The quantitative estimate of drug-likeness (QED) is 0.915. The lowest BCUT2D eigenvalue weighted by Gasteiger charge is -2.47. The number of nitrogens with one attached hydrogen (secondary N) is 1. The molecule has 1 saturated heterocycles. The fourth-order valence-corrected chi connectivity index (χ4v) is 3.18. The highest BCUT2D eigenvalue weighted by Crippen LogP contribution is 2.28. The van der Waals surface area contributed by atoms with E-state index in [0.29, 0.717) is 0 Å².